The molecule has 1 saturated carbocycles. The molecule has 3 N–H and O–H groups in total. The maximum Gasteiger partial charge on any atom is 0.239 e. The lowest BCUT2D eigenvalue weighted by Gasteiger charge is -2.26. The molecule has 5 nitrogen and oxygen atoms in total. The largest absolute Gasteiger partial charge is 0.388 e. The summed E-state index contributed by atoms with van der Waals surface area (Å²) in [7, 11) is 0. The molecular weight excluding hydrogens is 292 g/mol. The van der Waals surface area contributed by atoms with E-state index in [4.69, 9.17) is 0 Å². The second-order valence-corrected chi connectivity index (χ2v) is 6.35. The van der Waals surface area contributed by atoms with Gasteiger partial charge < -0.3 is 15.7 Å². The Morgan fingerprint density at radius 2 is 1.61 bits per heavy atom. The van der Waals surface area contributed by atoms with E-state index in [0.717, 1.165) is 44.1 Å². The van der Waals surface area contributed by atoms with Gasteiger partial charge in [-0.3, -0.25) is 9.59 Å². The fourth-order valence-corrected chi connectivity index (χ4v) is 2.91. The zero-order valence-electron chi connectivity index (χ0n) is 13.5. The van der Waals surface area contributed by atoms with E-state index < -0.39 is 5.60 Å². The Balaban J connectivity index is 1.67. The van der Waals surface area contributed by atoms with Crippen LogP contribution in [-0.4, -0.2) is 35.6 Å². The number of carbonyl (C=O) groups excluding carboxylic acids is 2. The van der Waals surface area contributed by atoms with Crippen molar-refractivity contribution in [3.05, 3.63) is 35.9 Å². The molecule has 5 heteroatoms. The Bertz CT molecular complexity index is 508. The zero-order chi connectivity index (χ0) is 16.5. The molecule has 0 heterocycles. The first-order valence-corrected chi connectivity index (χ1v) is 8.37. The van der Waals surface area contributed by atoms with Gasteiger partial charge in [0.1, 0.15) is 0 Å². The summed E-state index contributed by atoms with van der Waals surface area (Å²) >= 11 is 0. The minimum absolute atomic E-state index is 0.0538. The third-order valence-corrected chi connectivity index (χ3v) is 4.30. The molecule has 0 aromatic heterocycles. The number of hydrogen-bond acceptors (Lipinski definition) is 3. The van der Waals surface area contributed by atoms with E-state index >= 15 is 0 Å². The normalized spacial score (nSPS) is 17.1. The lowest BCUT2D eigenvalue weighted by Crippen LogP contribution is -2.46. The SMILES string of the molecule is O=C(CNC(=O)Cc1ccccc1)NCC1(O)CCCCCC1. The monoisotopic (exact) mass is 318 g/mol. The Morgan fingerprint density at radius 3 is 2.26 bits per heavy atom. The van der Waals surface area contributed by atoms with Gasteiger partial charge in [0.2, 0.25) is 11.8 Å². The van der Waals surface area contributed by atoms with Crippen molar-refractivity contribution >= 4 is 11.8 Å². The van der Waals surface area contributed by atoms with Crippen molar-refractivity contribution < 1.29 is 14.7 Å². The van der Waals surface area contributed by atoms with Gasteiger partial charge >= 0.3 is 0 Å². The van der Waals surface area contributed by atoms with Crippen molar-refractivity contribution in [1.82, 2.24) is 10.6 Å². The summed E-state index contributed by atoms with van der Waals surface area (Å²) in [6.07, 6.45) is 6.01. The van der Waals surface area contributed by atoms with E-state index in [1.54, 1.807) is 0 Å². The molecule has 1 aromatic carbocycles. The standard InChI is InChI=1S/C18H26N2O3/c21-16(12-15-8-4-3-5-9-15)19-13-17(22)20-14-18(23)10-6-1-2-7-11-18/h3-5,8-9,23H,1-2,6-7,10-14H2,(H,19,21)(H,20,22). The van der Waals surface area contributed by atoms with Crippen LogP contribution < -0.4 is 10.6 Å². The minimum Gasteiger partial charge on any atom is -0.388 e. The van der Waals surface area contributed by atoms with E-state index in [1.807, 2.05) is 30.3 Å². The number of rotatable bonds is 6. The average molecular weight is 318 g/mol. The molecular formula is C18H26N2O3. The van der Waals surface area contributed by atoms with Gasteiger partial charge in [-0.25, -0.2) is 0 Å². The topological polar surface area (TPSA) is 78.4 Å². The van der Waals surface area contributed by atoms with Crippen LogP contribution in [0.1, 0.15) is 44.1 Å². The molecule has 2 amide bonds. The highest BCUT2D eigenvalue weighted by Gasteiger charge is 2.28. The summed E-state index contributed by atoms with van der Waals surface area (Å²) in [5.74, 6) is -0.441. The summed E-state index contributed by atoms with van der Waals surface area (Å²) in [4.78, 5) is 23.6. The molecule has 1 fully saturated rings. The second kappa shape index (κ2) is 8.67. The van der Waals surface area contributed by atoms with Crippen molar-refractivity contribution in [2.45, 2.75) is 50.5 Å². The number of nitrogens with one attached hydrogen (secondary N) is 2. The molecule has 1 aliphatic carbocycles. The third kappa shape index (κ3) is 6.40. The van der Waals surface area contributed by atoms with E-state index in [1.165, 1.54) is 0 Å². The lowest BCUT2D eigenvalue weighted by atomic mass is 9.94. The van der Waals surface area contributed by atoms with Gasteiger partial charge in [0.05, 0.1) is 18.6 Å². The molecule has 0 aliphatic heterocycles. The van der Waals surface area contributed by atoms with Gasteiger partial charge in [-0.05, 0) is 18.4 Å². The van der Waals surface area contributed by atoms with Gasteiger partial charge in [-0.15, -0.1) is 0 Å². The Morgan fingerprint density at radius 1 is 0.957 bits per heavy atom. The summed E-state index contributed by atoms with van der Waals surface area (Å²) in [6, 6.07) is 9.40. The van der Waals surface area contributed by atoms with Gasteiger partial charge in [0.25, 0.3) is 0 Å². The van der Waals surface area contributed by atoms with E-state index in [-0.39, 0.29) is 31.3 Å². The highest BCUT2D eigenvalue weighted by molar-refractivity contribution is 5.85. The smallest absolute Gasteiger partial charge is 0.239 e. The van der Waals surface area contributed by atoms with Crippen LogP contribution in [0, 0.1) is 0 Å². The van der Waals surface area contributed by atoms with Crippen LogP contribution in [-0.2, 0) is 16.0 Å². The maximum atomic E-state index is 11.8. The maximum absolute atomic E-state index is 11.8. The van der Waals surface area contributed by atoms with Crippen molar-refractivity contribution in [2.75, 3.05) is 13.1 Å². The minimum atomic E-state index is -0.791. The van der Waals surface area contributed by atoms with Gasteiger partial charge in [-0.2, -0.15) is 0 Å². The molecule has 23 heavy (non-hydrogen) atoms. The first kappa shape index (κ1) is 17.5. The molecule has 0 spiro atoms. The number of aliphatic hydroxyl groups is 1. The molecule has 0 radical (unpaired) electrons. The predicted octanol–water partition coefficient (Wildman–Crippen LogP) is 1.55. The summed E-state index contributed by atoms with van der Waals surface area (Å²) in [6.45, 7) is 0.210. The third-order valence-electron chi connectivity index (χ3n) is 4.30. The van der Waals surface area contributed by atoms with Gasteiger partial charge in [-0.1, -0.05) is 56.0 Å². The molecule has 126 valence electrons. The van der Waals surface area contributed by atoms with Crippen LogP contribution in [0.3, 0.4) is 0 Å². The molecule has 0 atom stereocenters. The molecule has 1 aromatic rings. The second-order valence-electron chi connectivity index (χ2n) is 6.35. The highest BCUT2D eigenvalue weighted by atomic mass is 16.3. The average Bonchev–Trinajstić information content (AvgIpc) is 2.77. The van der Waals surface area contributed by atoms with Crippen LogP contribution >= 0.6 is 0 Å². The van der Waals surface area contributed by atoms with Crippen LogP contribution in [0.25, 0.3) is 0 Å². The van der Waals surface area contributed by atoms with Crippen molar-refractivity contribution in [2.24, 2.45) is 0 Å². The van der Waals surface area contributed by atoms with Gasteiger partial charge in [0, 0.05) is 6.54 Å². The van der Waals surface area contributed by atoms with Crippen LogP contribution in [0.4, 0.5) is 0 Å². The molecule has 2 rings (SSSR count). The van der Waals surface area contributed by atoms with Crippen LogP contribution in [0.2, 0.25) is 0 Å². The fourth-order valence-electron chi connectivity index (χ4n) is 2.91. The highest BCUT2D eigenvalue weighted by Crippen LogP contribution is 2.26. The Kier molecular flexibility index (Phi) is 6.59. The van der Waals surface area contributed by atoms with E-state index in [0.29, 0.717) is 0 Å². The number of hydrogen-bond donors (Lipinski definition) is 3. The fraction of sp³-hybridized carbons (Fsp3) is 0.556. The Hall–Kier alpha value is -1.88. The quantitative estimate of drug-likeness (QED) is 0.696. The summed E-state index contributed by atoms with van der Waals surface area (Å²) < 4.78 is 0. The predicted molar refractivity (Wildman–Crippen MR) is 88.8 cm³/mol. The molecule has 1 aliphatic rings. The van der Waals surface area contributed by atoms with Gasteiger partial charge in [0.15, 0.2) is 0 Å². The lowest BCUT2D eigenvalue weighted by molar-refractivity contribution is -0.126. The first-order chi connectivity index (χ1) is 11.1. The number of carbonyl (C=O) groups is 2. The first-order valence-electron chi connectivity index (χ1n) is 8.37. The zero-order valence-corrected chi connectivity index (χ0v) is 13.5. The number of amides is 2. The Labute approximate surface area is 137 Å². The van der Waals surface area contributed by atoms with Crippen molar-refractivity contribution in [1.29, 1.82) is 0 Å². The van der Waals surface area contributed by atoms with Crippen molar-refractivity contribution in [3.8, 4) is 0 Å². The van der Waals surface area contributed by atoms with E-state index in [2.05, 4.69) is 10.6 Å². The number of benzene rings is 1. The summed E-state index contributed by atoms with van der Waals surface area (Å²) in [5.41, 5.74) is 0.124. The molecule has 0 unspecified atom stereocenters. The molecule has 0 bridgehead atoms. The van der Waals surface area contributed by atoms with E-state index in [9.17, 15) is 14.7 Å². The van der Waals surface area contributed by atoms with Crippen LogP contribution in [0.5, 0.6) is 0 Å². The van der Waals surface area contributed by atoms with Crippen molar-refractivity contribution in [3.63, 3.8) is 0 Å². The van der Waals surface area contributed by atoms with Crippen LogP contribution in [0.15, 0.2) is 30.3 Å². The molecule has 0 saturated heterocycles. The summed E-state index contributed by atoms with van der Waals surface area (Å²) in [5, 5.41) is 15.8.